The molecule has 0 aliphatic carbocycles. The summed E-state index contributed by atoms with van der Waals surface area (Å²) in [6.45, 7) is 1.49. The molecular weight excluding hydrogens is 397 g/mol. The third kappa shape index (κ3) is 3.51. The van der Waals surface area contributed by atoms with Crippen LogP contribution in [-0.4, -0.2) is 16.6 Å². The second-order valence-corrected chi connectivity index (χ2v) is 7.40. The molecule has 28 heavy (non-hydrogen) atoms. The summed E-state index contributed by atoms with van der Waals surface area (Å²) < 4.78 is 6.04. The number of carbonyl (C=O) groups excluding carboxylic acids is 1. The first-order valence-corrected chi connectivity index (χ1v) is 9.46. The highest BCUT2D eigenvalue weighted by molar-refractivity contribution is 6.42. The van der Waals surface area contributed by atoms with Crippen LogP contribution in [0.4, 0.5) is 5.69 Å². The van der Waals surface area contributed by atoms with Gasteiger partial charge in [-0.25, -0.2) is 5.01 Å². The van der Waals surface area contributed by atoms with Crippen LogP contribution in [0.1, 0.15) is 30.7 Å². The molecule has 1 amide bonds. The van der Waals surface area contributed by atoms with E-state index >= 15 is 0 Å². The van der Waals surface area contributed by atoms with Gasteiger partial charge in [0.2, 0.25) is 5.91 Å². The van der Waals surface area contributed by atoms with E-state index in [1.807, 2.05) is 42.5 Å². The van der Waals surface area contributed by atoms with E-state index in [1.54, 1.807) is 12.1 Å². The maximum absolute atomic E-state index is 12.2. The predicted molar refractivity (Wildman–Crippen MR) is 111 cm³/mol. The average Bonchev–Trinajstić information content (AvgIpc) is 3.31. The summed E-state index contributed by atoms with van der Waals surface area (Å²) >= 11 is 12.1. The molecule has 2 aromatic carbocycles. The van der Waals surface area contributed by atoms with E-state index in [0.29, 0.717) is 33.7 Å². The summed E-state index contributed by atoms with van der Waals surface area (Å²) in [5, 5.41) is 6.90. The summed E-state index contributed by atoms with van der Waals surface area (Å²) in [6, 6.07) is 16.2. The first-order chi connectivity index (χ1) is 13.4. The zero-order valence-corrected chi connectivity index (χ0v) is 16.5. The van der Waals surface area contributed by atoms with Gasteiger partial charge in [0.05, 0.1) is 15.8 Å². The zero-order chi connectivity index (χ0) is 19.8. The SMILES string of the molecule is CC(=O)N1N=C(c2cccc(N)c2)CC1c1ccc(-c2ccc(Cl)c(Cl)c2)o1. The van der Waals surface area contributed by atoms with Gasteiger partial charge in [0.1, 0.15) is 17.6 Å². The molecule has 1 aliphatic rings. The van der Waals surface area contributed by atoms with Gasteiger partial charge in [-0.3, -0.25) is 4.79 Å². The van der Waals surface area contributed by atoms with Crippen molar-refractivity contribution in [2.75, 3.05) is 5.73 Å². The van der Waals surface area contributed by atoms with Crippen LogP contribution in [0.15, 0.2) is 64.1 Å². The fourth-order valence-electron chi connectivity index (χ4n) is 3.25. The highest BCUT2D eigenvalue weighted by atomic mass is 35.5. The van der Waals surface area contributed by atoms with Crippen LogP contribution in [-0.2, 0) is 4.79 Å². The molecule has 5 nitrogen and oxygen atoms in total. The van der Waals surface area contributed by atoms with Gasteiger partial charge in [0.15, 0.2) is 0 Å². The number of amides is 1. The summed E-state index contributed by atoms with van der Waals surface area (Å²) in [5.41, 5.74) is 9.03. The van der Waals surface area contributed by atoms with Crippen molar-refractivity contribution in [3.63, 3.8) is 0 Å². The summed E-state index contributed by atoms with van der Waals surface area (Å²) in [6.07, 6.45) is 0.539. The Morgan fingerprint density at radius 1 is 1.11 bits per heavy atom. The molecule has 1 atom stereocenters. The van der Waals surface area contributed by atoms with E-state index < -0.39 is 0 Å². The first-order valence-electron chi connectivity index (χ1n) is 8.70. The van der Waals surface area contributed by atoms with Gasteiger partial charge in [-0.2, -0.15) is 5.10 Å². The largest absolute Gasteiger partial charge is 0.459 e. The zero-order valence-electron chi connectivity index (χ0n) is 15.0. The number of hydrogen-bond donors (Lipinski definition) is 1. The van der Waals surface area contributed by atoms with Gasteiger partial charge in [-0.1, -0.05) is 35.3 Å². The van der Waals surface area contributed by atoms with E-state index in [-0.39, 0.29) is 11.9 Å². The Morgan fingerprint density at radius 2 is 1.93 bits per heavy atom. The van der Waals surface area contributed by atoms with E-state index in [9.17, 15) is 4.79 Å². The highest BCUT2D eigenvalue weighted by Gasteiger charge is 2.33. The molecule has 1 aliphatic heterocycles. The van der Waals surface area contributed by atoms with Crippen molar-refractivity contribution < 1.29 is 9.21 Å². The van der Waals surface area contributed by atoms with Crippen molar-refractivity contribution in [1.82, 2.24) is 5.01 Å². The number of anilines is 1. The lowest BCUT2D eigenvalue weighted by Gasteiger charge is -2.17. The molecule has 142 valence electrons. The molecule has 3 aromatic rings. The number of rotatable bonds is 3. The van der Waals surface area contributed by atoms with Crippen LogP contribution >= 0.6 is 23.2 Å². The standard InChI is InChI=1S/C21H17Cl2N3O2/c1-12(27)26-19(11-18(25-26)13-3-2-4-15(24)9-13)21-8-7-20(28-21)14-5-6-16(22)17(23)10-14/h2-10,19H,11,24H2,1H3. The molecule has 7 heteroatoms. The fourth-order valence-corrected chi connectivity index (χ4v) is 3.55. The Bertz CT molecular complexity index is 1090. The number of nitrogen functional groups attached to an aromatic ring is 1. The van der Waals surface area contributed by atoms with Crippen LogP contribution in [0.5, 0.6) is 0 Å². The van der Waals surface area contributed by atoms with Gasteiger partial charge >= 0.3 is 0 Å². The maximum atomic E-state index is 12.2. The molecular formula is C21H17Cl2N3O2. The lowest BCUT2D eigenvalue weighted by atomic mass is 10.0. The van der Waals surface area contributed by atoms with Crippen molar-refractivity contribution in [1.29, 1.82) is 0 Å². The summed E-state index contributed by atoms with van der Waals surface area (Å²) in [4.78, 5) is 12.2. The number of hydrogen-bond acceptors (Lipinski definition) is 4. The van der Waals surface area contributed by atoms with Crippen LogP contribution in [0.3, 0.4) is 0 Å². The number of nitrogens with zero attached hydrogens (tertiary/aromatic N) is 2. The molecule has 1 unspecified atom stereocenters. The molecule has 0 bridgehead atoms. The molecule has 0 saturated carbocycles. The third-order valence-electron chi connectivity index (χ3n) is 4.61. The van der Waals surface area contributed by atoms with Crippen LogP contribution in [0.25, 0.3) is 11.3 Å². The predicted octanol–water partition coefficient (Wildman–Crippen LogP) is 5.53. The van der Waals surface area contributed by atoms with Crippen LogP contribution in [0.2, 0.25) is 10.0 Å². The van der Waals surface area contributed by atoms with E-state index in [2.05, 4.69) is 5.10 Å². The second kappa shape index (κ2) is 7.34. The van der Waals surface area contributed by atoms with E-state index in [4.69, 9.17) is 33.4 Å². The van der Waals surface area contributed by atoms with Crippen molar-refractivity contribution in [2.24, 2.45) is 5.10 Å². The molecule has 0 fully saturated rings. The molecule has 0 radical (unpaired) electrons. The Kier molecular flexibility index (Phi) is 4.87. The first kappa shape index (κ1) is 18.6. The Labute approximate surface area is 172 Å². The minimum absolute atomic E-state index is 0.156. The Hall–Kier alpha value is -2.76. The molecule has 2 heterocycles. The maximum Gasteiger partial charge on any atom is 0.240 e. The Balaban J connectivity index is 1.64. The van der Waals surface area contributed by atoms with Crippen molar-refractivity contribution in [2.45, 2.75) is 19.4 Å². The summed E-state index contributed by atoms with van der Waals surface area (Å²) in [5.74, 6) is 1.14. The molecule has 1 aromatic heterocycles. The highest BCUT2D eigenvalue weighted by Crippen LogP contribution is 2.37. The van der Waals surface area contributed by atoms with E-state index in [0.717, 1.165) is 16.8 Å². The number of nitrogens with two attached hydrogens (primary N) is 1. The normalized spacial score (nSPS) is 16.3. The fraction of sp³-hybridized carbons (Fsp3) is 0.143. The minimum Gasteiger partial charge on any atom is -0.459 e. The Morgan fingerprint density at radius 3 is 2.64 bits per heavy atom. The molecule has 4 rings (SSSR count). The molecule has 2 N–H and O–H groups in total. The topological polar surface area (TPSA) is 71.8 Å². The average molecular weight is 414 g/mol. The number of furan rings is 1. The van der Waals surface area contributed by atoms with Gasteiger partial charge in [-0.15, -0.1) is 0 Å². The number of hydrazone groups is 1. The summed E-state index contributed by atoms with van der Waals surface area (Å²) in [7, 11) is 0. The molecule has 0 saturated heterocycles. The third-order valence-corrected chi connectivity index (χ3v) is 5.35. The lowest BCUT2D eigenvalue weighted by Crippen LogP contribution is -2.23. The number of halogens is 2. The monoisotopic (exact) mass is 413 g/mol. The van der Waals surface area contributed by atoms with Gasteiger partial charge < -0.3 is 10.2 Å². The smallest absolute Gasteiger partial charge is 0.240 e. The van der Waals surface area contributed by atoms with Crippen LogP contribution < -0.4 is 5.73 Å². The van der Waals surface area contributed by atoms with Crippen molar-refractivity contribution >= 4 is 40.5 Å². The quantitative estimate of drug-likeness (QED) is 0.573. The van der Waals surface area contributed by atoms with E-state index in [1.165, 1.54) is 11.9 Å². The van der Waals surface area contributed by atoms with Crippen molar-refractivity contribution in [3.05, 3.63) is 76.0 Å². The van der Waals surface area contributed by atoms with Gasteiger partial charge in [0, 0.05) is 24.6 Å². The second-order valence-electron chi connectivity index (χ2n) is 6.59. The van der Waals surface area contributed by atoms with Gasteiger partial charge in [-0.05, 0) is 48.0 Å². The number of benzene rings is 2. The van der Waals surface area contributed by atoms with Crippen molar-refractivity contribution in [3.8, 4) is 11.3 Å². The molecule has 0 spiro atoms. The van der Waals surface area contributed by atoms with Gasteiger partial charge in [0.25, 0.3) is 0 Å². The lowest BCUT2D eigenvalue weighted by molar-refractivity contribution is -0.130. The number of carbonyl (C=O) groups is 1. The van der Waals surface area contributed by atoms with Crippen LogP contribution in [0, 0.1) is 0 Å². The minimum atomic E-state index is -0.314.